The van der Waals surface area contributed by atoms with Gasteiger partial charge in [0.2, 0.25) is 0 Å². The van der Waals surface area contributed by atoms with E-state index in [1.807, 2.05) is 137 Å². The molecule has 19 nitrogen and oxygen atoms in total. The molecule has 542 valence electrons. The molecule has 0 fully saturated rings. The quantitative estimate of drug-likeness (QED) is 0.0382. The number of aliphatic hydroxyl groups excluding tert-OH is 1. The number of amides is 2. The number of hydrogen-bond acceptors (Lipinski definition) is 14. The number of hydrogen-bond donors (Lipinski definition) is 7. The molecule has 11 aromatic carbocycles. The Morgan fingerprint density at radius 3 is 1.00 bits per heavy atom. The predicted octanol–water partition coefficient (Wildman–Crippen LogP) is 20.9. The summed E-state index contributed by atoms with van der Waals surface area (Å²) in [5.41, 5.74) is 13.0. The van der Waals surface area contributed by atoms with E-state index in [0.717, 1.165) is 76.7 Å². The minimum atomic E-state index is -0.914. The van der Waals surface area contributed by atoms with E-state index in [0.29, 0.717) is 43.5 Å². The summed E-state index contributed by atoms with van der Waals surface area (Å²) in [7, 11) is 4.50. The smallest absolute Gasteiger partial charge is 0.365 e. The van der Waals surface area contributed by atoms with Gasteiger partial charge in [-0.2, -0.15) is 10.7 Å². The number of nitrogens with one attached hydrogen (secondary N) is 3. The zero-order chi connectivity index (χ0) is 74.2. The molecule has 0 saturated carbocycles. The average molecular weight is 1580 g/mol. The first-order valence-corrected chi connectivity index (χ1v) is 33.4. The summed E-state index contributed by atoms with van der Waals surface area (Å²) in [6, 6.07) is 69.4. The van der Waals surface area contributed by atoms with E-state index in [9.17, 15) is 24.4 Å². The van der Waals surface area contributed by atoms with Crippen molar-refractivity contribution in [3.05, 3.63) is 281 Å². The highest BCUT2D eigenvalue weighted by Crippen LogP contribution is 2.42. The lowest BCUT2D eigenvalue weighted by Crippen LogP contribution is -2.28. The van der Waals surface area contributed by atoms with Gasteiger partial charge in [-0.25, -0.2) is 10.3 Å². The normalized spacial score (nSPS) is 10.4. The van der Waals surface area contributed by atoms with Gasteiger partial charge in [-0.1, -0.05) is 216 Å². The maximum Gasteiger partial charge on any atom is 0.365 e. The van der Waals surface area contributed by atoms with Crippen LogP contribution < -0.4 is 30.8 Å². The fourth-order valence-corrected chi connectivity index (χ4v) is 13.5. The van der Waals surface area contributed by atoms with Crippen LogP contribution in [-0.2, 0) is 4.84 Å². The monoisotopic (exact) mass is 1580 g/mol. The predicted molar refractivity (Wildman–Crippen MR) is 418 cm³/mol. The average Bonchev–Trinajstić information content (AvgIpc) is 1.59. The van der Waals surface area contributed by atoms with Crippen molar-refractivity contribution in [2.75, 3.05) is 27.9 Å². The minimum Gasteiger partial charge on any atom is -0.494 e. The first-order valence-electron chi connectivity index (χ1n) is 30.4. The number of benzene rings is 11. The number of aliphatic hydroxyl groups is 1. The highest BCUT2D eigenvalue weighted by molar-refractivity contribution is 6.70. The van der Waals surface area contributed by atoms with Gasteiger partial charge in [-0.3, -0.25) is 34.7 Å². The molecule has 0 aliphatic heterocycles. The third kappa shape index (κ3) is 17.8. The zero-order valence-corrected chi connectivity index (χ0v) is 60.8. The molecule has 0 spiro atoms. The summed E-state index contributed by atoms with van der Waals surface area (Å²) in [5, 5.41) is 47.6. The van der Waals surface area contributed by atoms with Crippen molar-refractivity contribution < 1.29 is 65.1 Å². The lowest BCUT2D eigenvalue weighted by Gasteiger charge is -2.17. The summed E-state index contributed by atoms with van der Waals surface area (Å²) < 4.78 is 22.8. The molecular formula is C77H64Cl8FN7O12. The maximum absolute atomic E-state index is 13.1. The van der Waals surface area contributed by atoms with Crippen LogP contribution in [-0.4, -0.2) is 85.4 Å². The molecule has 7 N–H and O–H groups in total. The molecule has 0 bridgehead atoms. The van der Waals surface area contributed by atoms with Gasteiger partial charge >= 0.3 is 5.97 Å². The number of fused-ring (bicyclic) bond motifs is 9. The number of nitrogens with zero attached hydrogens (tertiary/aromatic N) is 4. The van der Waals surface area contributed by atoms with Crippen molar-refractivity contribution in [1.29, 1.82) is 5.26 Å². The molecule has 0 saturated heterocycles. The standard InChI is InChI=1S/C27H17Cl3N2O4.C20H15ClN2O3.C20H13ClN2O.C7H3Cl3O.C2H6O.CH4.FH.H3NO2.H2/c1-35-25-18(26(33)31-36-27(34)24-19(29)9-6-10-20(24)30)13-15(28)14-23(25)32-21-11-4-2-7-16(21)17-8-3-5-12-22(17)32;1-26-19-15(20(24)22-25)10-12(21)11-18(19)23-16-8-4-2-6-13(16)14-7-3-5-9-17(14)23;1-24-20-13(12-22)10-14(21)11-19(20)23-17-8-4-2-6-15(17)16-7-3-5-9-18(16)23;8-4-2-1-3-5(9)6(4)7(10)11;1-2-3;;;2-1-3;/h2-14H,1H3,(H,31,33);2-11,25H,1H3,(H,22,24);2-11H,1H3;1-3H;3H,2H2,1H3;1H4;1H;1-3H;1H/i;;;;;;;;1+1. The fourth-order valence-electron chi connectivity index (χ4n) is 11.5. The molecular weight excluding hydrogens is 1520 g/mol. The molecule has 105 heavy (non-hydrogen) atoms. The summed E-state index contributed by atoms with van der Waals surface area (Å²) in [5.74, 6) is -1.25. The molecule has 0 atom stereocenters. The summed E-state index contributed by atoms with van der Waals surface area (Å²) >= 11 is 47.6. The van der Waals surface area contributed by atoms with E-state index in [2.05, 4.69) is 40.4 Å². The van der Waals surface area contributed by atoms with E-state index in [4.69, 9.17) is 133 Å². The van der Waals surface area contributed by atoms with Gasteiger partial charge in [-0.05, 0) is 116 Å². The van der Waals surface area contributed by atoms with Gasteiger partial charge in [0.1, 0.15) is 6.07 Å². The summed E-state index contributed by atoms with van der Waals surface area (Å²) in [6.07, 6.45) is 0. The van der Waals surface area contributed by atoms with Crippen LogP contribution in [0.3, 0.4) is 0 Å². The molecule has 3 heterocycles. The molecule has 0 aliphatic rings. The first kappa shape index (κ1) is 82.1. The zero-order valence-electron chi connectivity index (χ0n) is 54.8. The van der Waals surface area contributed by atoms with Gasteiger partial charge < -0.3 is 37.9 Å². The van der Waals surface area contributed by atoms with Crippen LogP contribution in [0.4, 0.5) is 4.70 Å². The van der Waals surface area contributed by atoms with Crippen LogP contribution >= 0.6 is 92.8 Å². The van der Waals surface area contributed by atoms with E-state index >= 15 is 0 Å². The number of methoxy groups -OCH3 is 3. The summed E-state index contributed by atoms with van der Waals surface area (Å²) in [6.45, 7) is 1.93. The second-order valence-electron chi connectivity index (χ2n) is 21.4. The van der Waals surface area contributed by atoms with Gasteiger partial charge in [-0.15, -0.1) is 0 Å². The molecule has 14 aromatic rings. The van der Waals surface area contributed by atoms with Gasteiger partial charge in [0.15, 0.2) is 17.2 Å². The Kier molecular flexibility index (Phi) is 29.7. The van der Waals surface area contributed by atoms with E-state index in [1.54, 1.807) is 62.0 Å². The van der Waals surface area contributed by atoms with Crippen LogP contribution in [0.1, 0.15) is 62.8 Å². The van der Waals surface area contributed by atoms with Crippen LogP contribution in [0.2, 0.25) is 35.2 Å². The molecule has 2 amide bonds. The Hall–Kier alpha value is -10.2. The van der Waals surface area contributed by atoms with Gasteiger partial charge in [0, 0.05) is 55.4 Å². The molecule has 3 aromatic heterocycles. The minimum absolute atomic E-state index is 0. The third-order valence-corrected chi connectivity index (χ3v) is 17.6. The molecule has 0 unspecified atom stereocenters. The van der Waals surface area contributed by atoms with Crippen molar-refractivity contribution >= 4 is 181 Å². The summed E-state index contributed by atoms with van der Waals surface area (Å²) in [4.78, 5) is 53.4. The number of carbonyl (C=O) groups excluding carboxylic acids is 4. The number of carbonyl (C=O) groups is 4. The fraction of sp³-hybridized carbons (Fsp3) is 0.0779. The highest BCUT2D eigenvalue weighted by Gasteiger charge is 2.26. The van der Waals surface area contributed by atoms with Crippen molar-refractivity contribution in [3.8, 4) is 40.4 Å². The Morgan fingerprint density at radius 1 is 0.448 bits per heavy atom. The Balaban J connectivity index is 0.000000225. The molecule has 0 aliphatic carbocycles. The number of halogens is 9. The molecule has 0 radical (unpaired) electrons. The number of rotatable bonds is 10. The Bertz CT molecular complexity index is 5360. The number of ether oxygens (including phenoxy) is 3. The number of nitriles is 1. The number of para-hydroxylation sites is 6. The van der Waals surface area contributed by atoms with Crippen molar-refractivity contribution in [2.24, 2.45) is 0 Å². The SMILES string of the molecule is C.CCO.COc1c(C#N)cc(Cl)cc1-n1c2ccccc2c2ccccc21.COc1c(C(=O)NO)cc(Cl)cc1-n1c2ccccc2c2ccccc21.COc1c(C(=O)NOC(=O)c2c(Cl)cccc2Cl)cc(Cl)cc1-n1c2ccccc2c2ccccc21.F.O=C(Cl)c1c(Cl)cccc1Cl.ONO.[2HH]. The molecule has 28 heteroatoms. The number of hydroxylamine groups is 2. The Labute approximate surface area is 641 Å². The van der Waals surface area contributed by atoms with E-state index in [1.165, 1.54) is 38.5 Å². The first-order chi connectivity index (χ1) is 49.7. The van der Waals surface area contributed by atoms with Crippen LogP contribution in [0, 0.1) is 11.3 Å². The van der Waals surface area contributed by atoms with Gasteiger partial charge in [0.05, 0.1) is 119 Å². The van der Waals surface area contributed by atoms with Crippen molar-refractivity contribution in [2.45, 2.75) is 14.4 Å². The Morgan fingerprint density at radius 2 is 0.724 bits per heavy atom. The van der Waals surface area contributed by atoms with E-state index in [-0.39, 0.29) is 68.3 Å². The lowest BCUT2D eigenvalue weighted by molar-refractivity contribution is -0.0678. The molecule has 14 rings (SSSR count). The lowest BCUT2D eigenvalue weighted by atomic mass is 10.1. The maximum atomic E-state index is 13.1. The topological polar surface area (TPSA) is 261 Å². The third-order valence-electron chi connectivity index (χ3n) is 15.5. The highest BCUT2D eigenvalue weighted by atomic mass is 35.5. The van der Waals surface area contributed by atoms with E-state index < -0.39 is 23.0 Å². The largest absolute Gasteiger partial charge is 0.494 e. The van der Waals surface area contributed by atoms with Crippen LogP contribution in [0.15, 0.2) is 218 Å². The second-order valence-corrected chi connectivity index (χ2v) is 24.7. The van der Waals surface area contributed by atoms with Crippen molar-refractivity contribution in [3.63, 3.8) is 0 Å². The van der Waals surface area contributed by atoms with Gasteiger partial charge in [0.25, 0.3) is 17.1 Å². The second kappa shape index (κ2) is 38.0. The van der Waals surface area contributed by atoms with Crippen LogP contribution in [0.5, 0.6) is 17.2 Å². The van der Waals surface area contributed by atoms with Crippen molar-refractivity contribution in [1.82, 2.24) is 30.3 Å². The van der Waals surface area contributed by atoms with Crippen LogP contribution in [0.25, 0.3) is 82.5 Å². The number of aromatic nitrogens is 3.